The molecule has 0 saturated heterocycles. The van der Waals surface area contributed by atoms with Crippen LogP contribution < -0.4 is 11.1 Å². The van der Waals surface area contributed by atoms with Gasteiger partial charge in [0.25, 0.3) is 0 Å². The second-order valence-electron chi connectivity index (χ2n) is 4.39. The summed E-state index contributed by atoms with van der Waals surface area (Å²) in [6.45, 7) is 2.65. The molecule has 2 rings (SSSR count). The summed E-state index contributed by atoms with van der Waals surface area (Å²) in [6.07, 6.45) is 0. The van der Waals surface area contributed by atoms with E-state index in [1.807, 2.05) is 31.2 Å². The van der Waals surface area contributed by atoms with Crippen molar-refractivity contribution in [2.24, 2.45) is 0 Å². The second-order valence-corrected chi connectivity index (χ2v) is 4.39. The van der Waals surface area contributed by atoms with Crippen molar-refractivity contribution < 1.29 is 9.90 Å². The molecule has 0 aromatic heterocycles. The van der Waals surface area contributed by atoms with Crippen LogP contribution in [0.25, 0.3) is 0 Å². The lowest BCUT2D eigenvalue weighted by molar-refractivity contribution is 0.0697. The smallest absolute Gasteiger partial charge is 0.335 e. The maximum Gasteiger partial charge on any atom is 0.335 e. The van der Waals surface area contributed by atoms with E-state index in [1.54, 1.807) is 12.1 Å². The lowest BCUT2D eigenvalue weighted by atomic mass is 10.1. The van der Waals surface area contributed by atoms with Crippen LogP contribution in [0.2, 0.25) is 0 Å². The zero-order valence-electron chi connectivity index (χ0n) is 10.7. The van der Waals surface area contributed by atoms with Gasteiger partial charge in [-0.3, -0.25) is 0 Å². The minimum Gasteiger partial charge on any atom is -0.478 e. The van der Waals surface area contributed by atoms with Crippen molar-refractivity contribution in [2.75, 3.05) is 11.1 Å². The fourth-order valence-corrected chi connectivity index (χ4v) is 1.84. The Kier molecular flexibility index (Phi) is 3.71. The Hall–Kier alpha value is -2.49. The van der Waals surface area contributed by atoms with Gasteiger partial charge in [-0.2, -0.15) is 0 Å². The third-order valence-electron chi connectivity index (χ3n) is 3.03. The van der Waals surface area contributed by atoms with E-state index in [-0.39, 0.29) is 5.56 Å². The Morgan fingerprint density at radius 1 is 1.26 bits per heavy atom. The first-order valence-corrected chi connectivity index (χ1v) is 5.99. The molecule has 98 valence electrons. The van der Waals surface area contributed by atoms with E-state index < -0.39 is 5.97 Å². The van der Waals surface area contributed by atoms with Crippen molar-refractivity contribution in [3.63, 3.8) is 0 Å². The molecule has 0 spiro atoms. The Morgan fingerprint density at radius 3 is 2.68 bits per heavy atom. The molecule has 19 heavy (non-hydrogen) atoms. The van der Waals surface area contributed by atoms with Crippen LogP contribution >= 0.6 is 0 Å². The standard InChI is InChI=1S/C15H16N2O2/c1-10-4-2-3-5-12(10)9-17-14-8-11(15(18)19)6-7-13(14)16/h2-8,17H,9,16H2,1H3,(H,18,19). The third-order valence-corrected chi connectivity index (χ3v) is 3.03. The Morgan fingerprint density at radius 2 is 2.00 bits per heavy atom. The topological polar surface area (TPSA) is 75.3 Å². The molecule has 4 heteroatoms. The zero-order valence-corrected chi connectivity index (χ0v) is 10.7. The van der Waals surface area contributed by atoms with Crippen molar-refractivity contribution in [2.45, 2.75) is 13.5 Å². The summed E-state index contributed by atoms with van der Waals surface area (Å²) in [4.78, 5) is 10.9. The normalized spacial score (nSPS) is 10.2. The zero-order chi connectivity index (χ0) is 13.8. The molecule has 0 aliphatic rings. The maximum absolute atomic E-state index is 10.9. The summed E-state index contributed by atoms with van der Waals surface area (Å²) in [6, 6.07) is 12.7. The molecule has 4 N–H and O–H groups in total. The van der Waals surface area contributed by atoms with Crippen molar-refractivity contribution in [1.82, 2.24) is 0 Å². The molecule has 0 bridgehead atoms. The highest BCUT2D eigenvalue weighted by Crippen LogP contribution is 2.21. The van der Waals surface area contributed by atoms with Crippen molar-refractivity contribution >= 4 is 17.3 Å². The number of hydrogen-bond donors (Lipinski definition) is 3. The largest absolute Gasteiger partial charge is 0.478 e. The molecule has 2 aromatic carbocycles. The average Bonchev–Trinajstić information content (AvgIpc) is 2.39. The SMILES string of the molecule is Cc1ccccc1CNc1cc(C(=O)O)ccc1N. The van der Waals surface area contributed by atoms with Gasteiger partial charge in [0, 0.05) is 6.54 Å². The minimum atomic E-state index is -0.959. The molecule has 0 aliphatic heterocycles. The summed E-state index contributed by atoms with van der Waals surface area (Å²) in [5.41, 5.74) is 9.58. The van der Waals surface area contributed by atoms with Gasteiger partial charge in [0.1, 0.15) is 0 Å². The molecule has 0 aliphatic carbocycles. The summed E-state index contributed by atoms with van der Waals surface area (Å²) < 4.78 is 0. The van der Waals surface area contributed by atoms with Gasteiger partial charge in [-0.1, -0.05) is 24.3 Å². The number of anilines is 2. The summed E-state index contributed by atoms with van der Waals surface area (Å²) in [5, 5.41) is 12.1. The van der Waals surface area contributed by atoms with Gasteiger partial charge in [0.2, 0.25) is 0 Å². The number of hydrogen-bond acceptors (Lipinski definition) is 3. The number of carboxylic acids is 1. The van der Waals surface area contributed by atoms with E-state index in [9.17, 15) is 4.79 Å². The summed E-state index contributed by atoms with van der Waals surface area (Å²) >= 11 is 0. The number of rotatable bonds is 4. The van der Waals surface area contributed by atoms with Crippen molar-refractivity contribution in [1.29, 1.82) is 0 Å². The Bertz CT molecular complexity index is 609. The Labute approximate surface area is 111 Å². The van der Waals surface area contributed by atoms with Crippen molar-refractivity contribution in [3.8, 4) is 0 Å². The second kappa shape index (κ2) is 5.44. The quantitative estimate of drug-likeness (QED) is 0.735. The number of nitrogens with one attached hydrogen (secondary N) is 1. The molecule has 0 atom stereocenters. The Balaban J connectivity index is 2.17. The van der Waals surface area contributed by atoms with Gasteiger partial charge >= 0.3 is 5.97 Å². The fraction of sp³-hybridized carbons (Fsp3) is 0.133. The van der Waals surface area contributed by atoms with Crippen LogP contribution in [0.1, 0.15) is 21.5 Å². The fourth-order valence-electron chi connectivity index (χ4n) is 1.84. The highest BCUT2D eigenvalue weighted by molar-refractivity contribution is 5.90. The van der Waals surface area contributed by atoms with Crippen LogP contribution in [0.3, 0.4) is 0 Å². The first-order chi connectivity index (χ1) is 9.08. The lowest BCUT2D eigenvalue weighted by Crippen LogP contribution is -2.05. The average molecular weight is 256 g/mol. The van der Waals surface area contributed by atoms with Crippen LogP contribution in [0.15, 0.2) is 42.5 Å². The van der Waals surface area contributed by atoms with Gasteiger partial charge in [0.05, 0.1) is 16.9 Å². The van der Waals surface area contributed by atoms with E-state index >= 15 is 0 Å². The predicted molar refractivity (Wildman–Crippen MR) is 76.3 cm³/mol. The van der Waals surface area contributed by atoms with E-state index in [0.29, 0.717) is 17.9 Å². The molecule has 0 saturated carbocycles. The van der Waals surface area contributed by atoms with Crippen LogP contribution in [0.4, 0.5) is 11.4 Å². The number of benzene rings is 2. The van der Waals surface area contributed by atoms with Gasteiger partial charge in [-0.25, -0.2) is 4.79 Å². The monoisotopic (exact) mass is 256 g/mol. The van der Waals surface area contributed by atoms with E-state index in [1.165, 1.54) is 11.6 Å². The minimum absolute atomic E-state index is 0.224. The predicted octanol–water partition coefficient (Wildman–Crippen LogP) is 2.89. The molecule has 4 nitrogen and oxygen atoms in total. The van der Waals surface area contributed by atoms with Crippen LogP contribution in [-0.4, -0.2) is 11.1 Å². The summed E-state index contributed by atoms with van der Waals surface area (Å²) in [7, 11) is 0. The number of aromatic carboxylic acids is 1. The van der Waals surface area contributed by atoms with Crippen LogP contribution in [0, 0.1) is 6.92 Å². The van der Waals surface area contributed by atoms with Gasteiger partial charge in [-0.05, 0) is 36.2 Å². The van der Waals surface area contributed by atoms with E-state index in [0.717, 1.165) is 5.56 Å². The van der Waals surface area contributed by atoms with E-state index in [2.05, 4.69) is 5.32 Å². The molecular weight excluding hydrogens is 240 g/mol. The highest BCUT2D eigenvalue weighted by atomic mass is 16.4. The van der Waals surface area contributed by atoms with Crippen LogP contribution in [0.5, 0.6) is 0 Å². The lowest BCUT2D eigenvalue weighted by Gasteiger charge is -2.11. The van der Waals surface area contributed by atoms with Gasteiger partial charge in [-0.15, -0.1) is 0 Å². The molecule has 0 radical (unpaired) electrons. The first-order valence-electron chi connectivity index (χ1n) is 5.99. The number of carbonyl (C=O) groups is 1. The number of nitrogen functional groups attached to an aromatic ring is 1. The third kappa shape index (κ3) is 3.04. The molecule has 0 fully saturated rings. The van der Waals surface area contributed by atoms with Crippen molar-refractivity contribution in [3.05, 3.63) is 59.2 Å². The van der Waals surface area contributed by atoms with E-state index in [4.69, 9.17) is 10.8 Å². The molecule has 0 heterocycles. The number of carboxylic acid groups (broad SMARTS) is 1. The van der Waals surface area contributed by atoms with Crippen LogP contribution in [-0.2, 0) is 6.54 Å². The molecular formula is C15H16N2O2. The van der Waals surface area contributed by atoms with Gasteiger partial charge in [0.15, 0.2) is 0 Å². The van der Waals surface area contributed by atoms with Gasteiger partial charge < -0.3 is 16.2 Å². The summed E-state index contributed by atoms with van der Waals surface area (Å²) in [5.74, 6) is -0.959. The maximum atomic E-state index is 10.9. The number of aryl methyl sites for hydroxylation is 1. The number of nitrogens with two attached hydrogens (primary N) is 1. The highest BCUT2D eigenvalue weighted by Gasteiger charge is 2.06. The molecule has 0 amide bonds. The molecule has 2 aromatic rings. The first kappa shape index (κ1) is 13.0. The molecule has 0 unspecified atom stereocenters.